The Balaban J connectivity index is 2.35. The highest BCUT2D eigenvalue weighted by Gasteiger charge is 2.15. The lowest BCUT2D eigenvalue weighted by Gasteiger charge is -2.18. The predicted octanol–water partition coefficient (Wildman–Crippen LogP) is 4.63. The summed E-state index contributed by atoms with van der Waals surface area (Å²) in [6.07, 6.45) is 5.40. The van der Waals surface area contributed by atoms with Crippen molar-refractivity contribution in [3.63, 3.8) is 0 Å². The maximum absolute atomic E-state index is 5.67. The number of unbranched alkanes of at least 4 members (excludes halogenated alkanes) is 1. The summed E-state index contributed by atoms with van der Waals surface area (Å²) in [5.74, 6) is 0. The summed E-state index contributed by atoms with van der Waals surface area (Å²) >= 11 is 0. The first-order valence-electron chi connectivity index (χ1n) is 6.90. The van der Waals surface area contributed by atoms with Gasteiger partial charge >= 0.3 is 0 Å². The van der Waals surface area contributed by atoms with Crippen molar-refractivity contribution in [3.8, 4) is 11.3 Å². The zero-order valence-corrected chi connectivity index (χ0v) is 11.7. The van der Waals surface area contributed by atoms with Gasteiger partial charge in [0.05, 0.1) is 11.8 Å². The SMILES string of the molecule is CCCC[C@H](OC)c1ccccc1-c1ccccn1. The maximum atomic E-state index is 5.67. The molecular weight excluding hydrogens is 234 g/mol. The summed E-state index contributed by atoms with van der Waals surface area (Å²) in [6, 6.07) is 14.4. The monoisotopic (exact) mass is 255 g/mol. The van der Waals surface area contributed by atoms with Crippen LogP contribution >= 0.6 is 0 Å². The Bertz CT molecular complexity index is 496. The molecule has 0 amide bonds. The van der Waals surface area contributed by atoms with E-state index in [0.29, 0.717) is 0 Å². The van der Waals surface area contributed by atoms with E-state index >= 15 is 0 Å². The smallest absolute Gasteiger partial charge is 0.0827 e. The van der Waals surface area contributed by atoms with Gasteiger partial charge in [-0.1, -0.05) is 50.1 Å². The Morgan fingerprint density at radius 2 is 1.89 bits per heavy atom. The van der Waals surface area contributed by atoms with E-state index in [1.807, 2.05) is 24.4 Å². The van der Waals surface area contributed by atoms with Gasteiger partial charge in [0.1, 0.15) is 0 Å². The van der Waals surface area contributed by atoms with Crippen molar-refractivity contribution in [2.75, 3.05) is 7.11 Å². The molecule has 2 rings (SSSR count). The normalized spacial score (nSPS) is 12.3. The van der Waals surface area contributed by atoms with Crippen LogP contribution in [-0.2, 0) is 4.74 Å². The largest absolute Gasteiger partial charge is 0.377 e. The number of pyridine rings is 1. The Labute approximate surface area is 115 Å². The highest BCUT2D eigenvalue weighted by atomic mass is 16.5. The third-order valence-electron chi connectivity index (χ3n) is 3.35. The Hall–Kier alpha value is -1.67. The standard InChI is InChI=1S/C17H21NO/c1-3-4-12-17(19-2)15-10-6-5-9-14(15)16-11-7-8-13-18-16/h5-11,13,17H,3-4,12H2,1-2H3/t17-/m0/s1. The molecule has 1 atom stereocenters. The molecule has 1 aromatic heterocycles. The number of nitrogens with zero attached hydrogens (tertiary/aromatic N) is 1. The van der Waals surface area contributed by atoms with Crippen molar-refractivity contribution in [3.05, 3.63) is 54.2 Å². The number of hydrogen-bond donors (Lipinski definition) is 0. The van der Waals surface area contributed by atoms with Gasteiger partial charge in [-0.15, -0.1) is 0 Å². The van der Waals surface area contributed by atoms with Crippen LogP contribution in [0.3, 0.4) is 0 Å². The van der Waals surface area contributed by atoms with E-state index in [1.165, 1.54) is 24.0 Å². The summed E-state index contributed by atoms with van der Waals surface area (Å²) in [7, 11) is 1.79. The Morgan fingerprint density at radius 1 is 1.11 bits per heavy atom. The molecule has 0 N–H and O–H groups in total. The van der Waals surface area contributed by atoms with Crippen LogP contribution in [-0.4, -0.2) is 12.1 Å². The van der Waals surface area contributed by atoms with Crippen LogP contribution in [0, 0.1) is 0 Å². The molecule has 0 radical (unpaired) electrons. The Morgan fingerprint density at radius 3 is 2.58 bits per heavy atom. The Kier molecular flexibility index (Phi) is 5.10. The molecular formula is C17H21NO. The number of hydrogen-bond acceptors (Lipinski definition) is 2. The van der Waals surface area contributed by atoms with Crippen molar-refractivity contribution in [2.24, 2.45) is 0 Å². The zero-order chi connectivity index (χ0) is 13.5. The fourth-order valence-corrected chi connectivity index (χ4v) is 2.32. The molecule has 2 aromatic rings. The van der Waals surface area contributed by atoms with Gasteiger partial charge < -0.3 is 4.74 Å². The lowest BCUT2D eigenvalue weighted by Crippen LogP contribution is -2.04. The number of aromatic nitrogens is 1. The van der Waals surface area contributed by atoms with Gasteiger partial charge in [-0.2, -0.15) is 0 Å². The topological polar surface area (TPSA) is 22.1 Å². The molecule has 2 heteroatoms. The fraction of sp³-hybridized carbons (Fsp3) is 0.353. The van der Waals surface area contributed by atoms with Gasteiger partial charge in [-0.05, 0) is 24.1 Å². The number of benzene rings is 1. The molecule has 0 fully saturated rings. The first-order valence-corrected chi connectivity index (χ1v) is 6.90. The summed E-state index contributed by atoms with van der Waals surface area (Å²) in [6.45, 7) is 2.21. The van der Waals surface area contributed by atoms with Crippen LogP contribution in [0.5, 0.6) is 0 Å². The second-order valence-corrected chi connectivity index (χ2v) is 4.67. The van der Waals surface area contributed by atoms with Gasteiger partial charge in [0.15, 0.2) is 0 Å². The van der Waals surface area contributed by atoms with Gasteiger partial charge in [-0.3, -0.25) is 4.98 Å². The van der Waals surface area contributed by atoms with Crippen molar-refractivity contribution in [1.82, 2.24) is 4.98 Å². The maximum Gasteiger partial charge on any atom is 0.0827 e. The summed E-state index contributed by atoms with van der Waals surface area (Å²) < 4.78 is 5.67. The van der Waals surface area contributed by atoms with Crippen LogP contribution < -0.4 is 0 Å². The molecule has 0 bridgehead atoms. The molecule has 2 nitrogen and oxygen atoms in total. The molecule has 0 aliphatic rings. The van der Waals surface area contributed by atoms with E-state index in [-0.39, 0.29) is 6.10 Å². The third-order valence-corrected chi connectivity index (χ3v) is 3.35. The lowest BCUT2D eigenvalue weighted by atomic mass is 9.96. The van der Waals surface area contributed by atoms with E-state index in [4.69, 9.17) is 4.74 Å². The van der Waals surface area contributed by atoms with E-state index < -0.39 is 0 Å². The number of rotatable bonds is 6. The molecule has 0 spiro atoms. The first kappa shape index (κ1) is 13.8. The van der Waals surface area contributed by atoms with Crippen LogP contribution in [0.15, 0.2) is 48.7 Å². The molecule has 0 saturated heterocycles. The summed E-state index contributed by atoms with van der Waals surface area (Å²) in [5.41, 5.74) is 3.42. The van der Waals surface area contributed by atoms with Crippen molar-refractivity contribution in [2.45, 2.75) is 32.3 Å². The molecule has 0 unspecified atom stereocenters. The molecule has 19 heavy (non-hydrogen) atoms. The van der Waals surface area contributed by atoms with E-state index in [9.17, 15) is 0 Å². The molecule has 100 valence electrons. The van der Waals surface area contributed by atoms with Gasteiger partial charge in [0, 0.05) is 18.9 Å². The highest BCUT2D eigenvalue weighted by Crippen LogP contribution is 2.31. The van der Waals surface area contributed by atoms with Crippen LogP contribution in [0.25, 0.3) is 11.3 Å². The zero-order valence-electron chi connectivity index (χ0n) is 11.7. The highest BCUT2D eigenvalue weighted by molar-refractivity contribution is 5.64. The summed E-state index contributed by atoms with van der Waals surface area (Å²) in [4.78, 5) is 4.45. The quantitative estimate of drug-likeness (QED) is 0.751. The van der Waals surface area contributed by atoms with Crippen molar-refractivity contribution < 1.29 is 4.74 Å². The van der Waals surface area contributed by atoms with Crippen molar-refractivity contribution in [1.29, 1.82) is 0 Å². The second kappa shape index (κ2) is 7.05. The molecule has 0 saturated carbocycles. The van der Waals surface area contributed by atoms with Crippen molar-refractivity contribution >= 4 is 0 Å². The summed E-state index contributed by atoms with van der Waals surface area (Å²) in [5, 5.41) is 0. The average molecular weight is 255 g/mol. The minimum Gasteiger partial charge on any atom is -0.377 e. The van der Waals surface area contributed by atoms with Crippen LogP contribution in [0.2, 0.25) is 0 Å². The minimum atomic E-state index is 0.151. The second-order valence-electron chi connectivity index (χ2n) is 4.67. The molecule has 1 heterocycles. The third kappa shape index (κ3) is 3.42. The molecule has 1 aromatic carbocycles. The number of methoxy groups -OCH3 is 1. The van der Waals surface area contributed by atoms with Gasteiger partial charge in [0.25, 0.3) is 0 Å². The van der Waals surface area contributed by atoms with E-state index in [2.05, 4.69) is 36.2 Å². The molecule has 0 aliphatic heterocycles. The van der Waals surface area contributed by atoms with Crippen LogP contribution in [0.1, 0.15) is 37.9 Å². The molecule has 0 aliphatic carbocycles. The van der Waals surface area contributed by atoms with E-state index in [1.54, 1.807) is 7.11 Å². The van der Waals surface area contributed by atoms with Crippen LogP contribution in [0.4, 0.5) is 0 Å². The fourth-order valence-electron chi connectivity index (χ4n) is 2.32. The predicted molar refractivity (Wildman–Crippen MR) is 78.9 cm³/mol. The lowest BCUT2D eigenvalue weighted by molar-refractivity contribution is 0.0940. The first-order chi connectivity index (χ1) is 9.36. The van der Waals surface area contributed by atoms with Gasteiger partial charge in [-0.25, -0.2) is 0 Å². The average Bonchev–Trinajstić information content (AvgIpc) is 2.49. The minimum absolute atomic E-state index is 0.151. The van der Waals surface area contributed by atoms with E-state index in [0.717, 1.165) is 12.1 Å². The number of ether oxygens (including phenoxy) is 1. The van der Waals surface area contributed by atoms with Gasteiger partial charge in [0.2, 0.25) is 0 Å².